The lowest BCUT2D eigenvalue weighted by Gasteiger charge is -2.35. The van der Waals surface area contributed by atoms with Crippen LogP contribution in [0, 0.1) is 5.41 Å². The summed E-state index contributed by atoms with van der Waals surface area (Å²) in [5.74, 6) is 0.933. The molecular formula is C16H23ClN4O. The molecule has 1 atom stereocenters. The van der Waals surface area contributed by atoms with Crippen LogP contribution >= 0.6 is 11.6 Å². The summed E-state index contributed by atoms with van der Waals surface area (Å²) >= 11 is 6.04. The molecule has 0 spiro atoms. The van der Waals surface area contributed by atoms with Crippen LogP contribution in [0.4, 0.5) is 11.5 Å². The van der Waals surface area contributed by atoms with Crippen LogP contribution in [-0.2, 0) is 4.79 Å². The summed E-state index contributed by atoms with van der Waals surface area (Å²) in [6, 6.07) is 0.440. The van der Waals surface area contributed by atoms with E-state index in [1.165, 1.54) is 12.8 Å². The number of anilines is 2. The van der Waals surface area contributed by atoms with Crippen molar-refractivity contribution >= 4 is 29.0 Å². The second kappa shape index (κ2) is 5.69. The lowest BCUT2D eigenvalue weighted by atomic mass is 9.85. The number of hydrogen-bond donors (Lipinski definition) is 0. The van der Waals surface area contributed by atoms with E-state index >= 15 is 0 Å². The third kappa shape index (κ3) is 2.45. The van der Waals surface area contributed by atoms with Crippen molar-refractivity contribution in [1.82, 2.24) is 9.97 Å². The fraction of sp³-hybridized carbons (Fsp3) is 0.688. The average Bonchev–Trinajstić information content (AvgIpc) is 3.02. The number of carbonyl (C=O) groups excluding carboxylic acids is 1. The SMILES string of the molecule is CCC1(C)CN(C2CCCC2)c2nc(Cl)ncc2N(C)C1=O. The Balaban J connectivity index is 2.12. The van der Waals surface area contributed by atoms with E-state index in [-0.39, 0.29) is 11.2 Å². The Bertz CT molecular complexity index is 588. The minimum absolute atomic E-state index is 0.127. The Morgan fingerprint density at radius 1 is 1.41 bits per heavy atom. The number of nitrogens with zero attached hydrogens (tertiary/aromatic N) is 4. The molecule has 0 bridgehead atoms. The van der Waals surface area contributed by atoms with Gasteiger partial charge in [-0.3, -0.25) is 4.79 Å². The smallest absolute Gasteiger partial charge is 0.234 e. The zero-order valence-corrected chi connectivity index (χ0v) is 14.2. The molecule has 120 valence electrons. The maximum Gasteiger partial charge on any atom is 0.234 e. The van der Waals surface area contributed by atoms with E-state index in [2.05, 4.69) is 28.7 Å². The van der Waals surface area contributed by atoms with Crippen molar-refractivity contribution < 1.29 is 4.79 Å². The molecule has 5 nitrogen and oxygen atoms in total. The fourth-order valence-corrected chi connectivity index (χ4v) is 3.74. The lowest BCUT2D eigenvalue weighted by Crippen LogP contribution is -2.46. The van der Waals surface area contributed by atoms with Crippen LogP contribution in [0.1, 0.15) is 46.0 Å². The predicted molar refractivity (Wildman–Crippen MR) is 88.5 cm³/mol. The Morgan fingerprint density at radius 2 is 2.09 bits per heavy atom. The van der Waals surface area contributed by atoms with Gasteiger partial charge >= 0.3 is 0 Å². The van der Waals surface area contributed by atoms with Crippen LogP contribution in [0.2, 0.25) is 5.28 Å². The summed E-state index contributed by atoms with van der Waals surface area (Å²) < 4.78 is 0. The second-order valence-corrected chi connectivity index (χ2v) is 7.03. The zero-order valence-electron chi connectivity index (χ0n) is 13.5. The van der Waals surface area contributed by atoms with Crippen LogP contribution < -0.4 is 9.80 Å². The summed E-state index contributed by atoms with van der Waals surface area (Å²) in [6.07, 6.45) is 7.25. The quantitative estimate of drug-likeness (QED) is 0.784. The molecule has 0 N–H and O–H groups in total. The summed E-state index contributed by atoms with van der Waals surface area (Å²) in [4.78, 5) is 25.5. The molecule has 2 heterocycles. The Labute approximate surface area is 136 Å². The second-order valence-electron chi connectivity index (χ2n) is 6.69. The van der Waals surface area contributed by atoms with Crippen molar-refractivity contribution in [2.45, 2.75) is 52.0 Å². The largest absolute Gasteiger partial charge is 0.351 e. The molecule has 1 fully saturated rings. The topological polar surface area (TPSA) is 49.3 Å². The number of aromatic nitrogens is 2. The van der Waals surface area contributed by atoms with Gasteiger partial charge in [-0.2, -0.15) is 4.98 Å². The third-order valence-corrected chi connectivity index (χ3v) is 5.42. The minimum atomic E-state index is -0.412. The molecule has 1 aliphatic heterocycles. The van der Waals surface area contributed by atoms with E-state index in [1.54, 1.807) is 11.1 Å². The number of amides is 1. The maximum atomic E-state index is 12.9. The van der Waals surface area contributed by atoms with Gasteiger partial charge in [-0.25, -0.2) is 4.98 Å². The van der Waals surface area contributed by atoms with Crippen LogP contribution in [0.5, 0.6) is 0 Å². The highest BCUT2D eigenvalue weighted by Crippen LogP contribution is 2.41. The molecule has 3 rings (SSSR count). The lowest BCUT2D eigenvalue weighted by molar-refractivity contribution is -0.126. The molecule has 1 unspecified atom stereocenters. The van der Waals surface area contributed by atoms with Gasteiger partial charge in [-0.15, -0.1) is 0 Å². The molecule has 2 aliphatic rings. The first-order valence-electron chi connectivity index (χ1n) is 8.03. The molecule has 1 aliphatic carbocycles. The van der Waals surface area contributed by atoms with Gasteiger partial charge in [0.25, 0.3) is 0 Å². The van der Waals surface area contributed by atoms with E-state index in [9.17, 15) is 4.79 Å². The summed E-state index contributed by atoms with van der Waals surface area (Å²) in [7, 11) is 1.81. The van der Waals surface area contributed by atoms with Crippen molar-refractivity contribution in [2.75, 3.05) is 23.4 Å². The summed E-state index contributed by atoms with van der Waals surface area (Å²) in [5, 5.41) is 0.239. The van der Waals surface area contributed by atoms with E-state index in [0.29, 0.717) is 12.6 Å². The number of halogens is 1. The van der Waals surface area contributed by atoms with Gasteiger partial charge in [0, 0.05) is 19.6 Å². The van der Waals surface area contributed by atoms with Crippen LogP contribution in [0.15, 0.2) is 6.20 Å². The van der Waals surface area contributed by atoms with Crippen molar-refractivity contribution in [3.05, 3.63) is 11.5 Å². The normalized spacial score (nSPS) is 26.3. The molecule has 0 saturated heterocycles. The van der Waals surface area contributed by atoms with Crippen molar-refractivity contribution in [3.8, 4) is 0 Å². The molecule has 1 saturated carbocycles. The molecule has 22 heavy (non-hydrogen) atoms. The molecule has 0 aromatic carbocycles. The Kier molecular flexibility index (Phi) is 4.02. The van der Waals surface area contributed by atoms with E-state index in [1.807, 2.05) is 7.05 Å². The molecular weight excluding hydrogens is 300 g/mol. The number of fused-ring (bicyclic) bond motifs is 1. The van der Waals surface area contributed by atoms with Crippen molar-refractivity contribution in [3.63, 3.8) is 0 Å². The fourth-order valence-electron chi connectivity index (χ4n) is 3.61. The van der Waals surface area contributed by atoms with Gasteiger partial charge in [-0.1, -0.05) is 19.8 Å². The van der Waals surface area contributed by atoms with Crippen LogP contribution in [0.25, 0.3) is 0 Å². The highest BCUT2D eigenvalue weighted by molar-refractivity contribution is 6.28. The minimum Gasteiger partial charge on any atom is -0.351 e. The Hall–Kier alpha value is -1.36. The van der Waals surface area contributed by atoms with Crippen molar-refractivity contribution in [1.29, 1.82) is 0 Å². The summed E-state index contributed by atoms with van der Waals surface area (Å²) in [5.41, 5.74) is 0.350. The monoisotopic (exact) mass is 322 g/mol. The highest BCUT2D eigenvalue weighted by atomic mass is 35.5. The number of hydrogen-bond acceptors (Lipinski definition) is 4. The molecule has 1 aromatic heterocycles. The van der Waals surface area contributed by atoms with Gasteiger partial charge in [0.2, 0.25) is 11.2 Å². The molecule has 1 amide bonds. The van der Waals surface area contributed by atoms with Gasteiger partial charge in [-0.05, 0) is 37.8 Å². The first-order chi connectivity index (χ1) is 10.5. The van der Waals surface area contributed by atoms with Crippen LogP contribution in [0.3, 0.4) is 0 Å². The van der Waals surface area contributed by atoms with Gasteiger partial charge in [0.1, 0.15) is 5.69 Å². The molecule has 0 radical (unpaired) electrons. The van der Waals surface area contributed by atoms with E-state index < -0.39 is 5.41 Å². The highest BCUT2D eigenvalue weighted by Gasteiger charge is 2.43. The van der Waals surface area contributed by atoms with Gasteiger partial charge in [0.15, 0.2) is 5.82 Å². The predicted octanol–water partition coefficient (Wildman–Crippen LogP) is 3.27. The first-order valence-corrected chi connectivity index (χ1v) is 8.41. The Morgan fingerprint density at radius 3 is 2.73 bits per heavy atom. The summed E-state index contributed by atoms with van der Waals surface area (Å²) in [6.45, 7) is 4.82. The molecule has 6 heteroatoms. The average molecular weight is 323 g/mol. The molecule has 1 aromatic rings. The third-order valence-electron chi connectivity index (χ3n) is 5.24. The van der Waals surface area contributed by atoms with Crippen molar-refractivity contribution in [2.24, 2.45) is 5.41 Å². The zero-order chi connectivity index (χ0) is 15.9. The van der Waals surface area contributed by atoms with Gasteiger partial charge < -0.3 is 9.80 Å². The van der Waals surface area contributed by atoms with Crippen LogP contribution in [-0.4, -0.2) is 35.5 Å². The van der Waals surface area contributed by atoms with Gasteiger partial charge in [0.05, 0.1) is 11.6 Å². The van der Waals surface area contributed by atoms with E-state index in [4.69, 9.17) is 11.6 Å². The number of rotatable bonds is 2. The number of carbonyl (C=O) groups is 1. The van der Waals surface area contributed by atoms with E-state index in [0.717, 1.165) is 30.8 Å². The first kappa shape index (κ1) is 15.5. The maximum absolute atomic E-state index is 12.9. The standard InChI is InChI=1S/C16H23ClN4O/c1-4-16(2)10-21(11-7-5-6-8-11)13-12(20(3)14(16)22)9-18-15(17)19-13/h9,11H,4-8,10H2,1-3H3.